The highest BCUT2D eigenvalue weighted by atomic mass is 32.2. The molecule has 1 atom stereocenters. The van der Waals surface area contributed by atoms with Crippen LogP contribution in [0.5, 0.6) is 0 Å². The van der Waals surface area contributed by atoms with Gasteiger partial charge in [0, 0.05) is 54.7 Å². The third kappa shape index (κ3) is 5.19. The van der Waals surface area contributed by atoms with Gasteiger partial charge in [0.2, 0.25) is 15.9 Å². The van der Waals surface area contributed by atoms with Gasteiger partial charge in [0.05, 0.1) is 10.9 Å². The van der Waals surface area contributed by atoms with Gasteiger partial charge >= 0.3 is 0 Å². The molecular weight excluding hydrogens is 498 g/mol. The Morgan fingerprint density at radius 1 is 1.03 bits per heavy atom. The largest absolute Gasteiger partial charge is 0.380 e. The molecule has 8 nitrogen and oxygen atoms in total. The highest BCUT2D eigenvalue weighted by Crippen LogP contribution is 2.33. The van der Waals surface area contributed by atoms with E-state index in [1.807, 2.05) is 48.9 Å². The van der Waals surface area contributed by atoms with Crippen LogP contribution in [-0.4, -0.2) is 55.4 Å². The van der Waals surface area contributed by atoms with Crippen molar-refractivity contribution in [3.8, 4) is 0 Å². The standard InChI is InChI=1S/C29H39N5O3S/c1-19(2)26-18-34(28-11-10-24(15-25(26)28)38(36,37)33-12-6-5-7-13-33)21(4)29(35)32-27-14-22(9-8-20(27)3)31-23-16-30-17-23/h8-11,14-15,18-19,21,23,30-31H,5-7,12-13,16-17H2,1-4H3,(H,32,35). The second-order valence-corrected chi connectivity index (χ2v) is 12.9. The zero-order chi connectivity index (χ0) is 27.0. The van der Waals surface area contributed by atoms with Crippen molar-refractivity contribution < 1.29 is 13.2 Å². The summed E-state index contributed by atoms with van der Waals surface area (Å²) in [6, 6.07) is 11.3. The third-order valence-electron chi connectivity index (χ3n) is 7.85. The number of hydrogen-bond donors (Lipinski definition) is 3. The third-order valence-corrected chi connectivity index (χ3v) is 9.75. The first-order chi connectivity index (χ1) is 18.1. The first-order valence-electron chi connectivity index (χ1n) is 13.7. The molecule has 2 aliphatic rings. The zero-order valence-corrected chi connectivity index (χ0v) is 23.6. The van der Waals surface area contributed by atoms with Crippen molar-refractivity contribution in [2.24, 2.45) is 0 Å². The van der Waals surface area contributed by atoms with Crippen LogP contribution in [0.2, 0.25) is 0 Å². The van der Waals surface area contributed by atoms with Gasteiger partial charge in [-0.1, -0.05) is 26.3 Å². The van der Waals surface area contributed by atoms with Gasteiger partial charge in [0.1, 0.15) is 6.04 Å². The summed E-state index contributed by atoms with van der Waals surface area (Å²) in [4.78, 5) is 13.8. The number of amides is 1. The molecule has 3 heterocycles. The maximum Gasteiger partial charge on any atom is 0.247 e. The lowest BCUT2D eigenvalue weighted by atomic mass is 10.0. The number of sulfonamides is 1. The number of aryl methyl sites for hydroxylation is 1. The molecule has 204 valence electrons. The summed E-state index contributed by atoms with van der Waals surface area (Å²) < 4.78 is 30.3. The van der Waals surface area contributed by atoms with Gasteiger partial charge in [-0.15, -0.1) is 0 Å². The zero-order valence-electron chi connectivity index (χ0n) is 22.8. The Labute approximate surface area is 225 Å². The van der Waals surface area contributed by atoms with Gasteiger partial charge in [-0.3, -0.25) is 4.79 Å². The predicted molar refractivity (Wildman–Crippen MR) is 153 cm³/mol. The van der Waals surface area contributed by atoms with Gasteiger partial charge < -0.3 is 20.5 Å². The molecular formula is C29H39N5O3S. The topological polar surface area (TPSA) is 95.5 Å². The molecule has 2 aromatic carbocycles. The number of nitrogens with zero attached hydrogens (tertiary/aromatic N) is 2. The van der Waals surface area contributed by atoms with Crippen LogP contribution < -0.4 is 16.0 Å². The minimum Gasteiger partial charge on any atom is -0.380 e. The molecule has 5 rings (SSSR count). The number of carbonyl (C=O) groups is 1. The number of piperidine rings is 1. The van der Waals surface area contributed by atoms with Crippen LogP contribution in [0.1, 0.15) is 63.1 Å². The number of rotatable bonds is 8. The first-order valence-corrected chi connectivity index (χ1v) is 15.1. The maximum absolute atomic E-state index is 13.5. The van der Waals surface area contributed by atoms with Gasteiger partial charge in [0.25, 0.3) is 0 Å². The lowest BCUT2D eigenvalue weighted by Crippen LogP contribution is -2.51. The smallest absolute Gasteiger partial charge is 0.247 e. The van der Waals surface area contributed by atoms with E-state index in [-0.39, 0.29) is 11.8 Å². The fourth-order valence-corrected chi connectivity index (χ4v) is 6.84. The van der Waals surface area contributed by atoms with Crippen LogP contribution in [0.15, 0.2) is 47.5 Å². The molecule has 0 saturated carbocycles. The molecule has 3 N–H and O–H groups in total. The quantitative estimate of drug-likeness (QED) is 0.383. The average Bonchev–Trinajstić information content (AvgIpc) is 3.27. The molecule has 0 aliphatic carbocycles. The van der Waals surface area contributed by atoms with Gasteiger partial charge in [-0.25, -0.2) is 8.42 Å². The molecule has 38 heavy (non-hydrogen) atoms. The Hall–Kier alpha value is -2.88. The first kappa shape index (κ1) is 26.7. The molecule has 0 spiro atoms. The molecule has 2 saturated heterocycles. The van der Waals surface area contributed by atoms with E-state index in [2.05, 4.69) is 29.8 Å². The minimum absolute atomic E-state index is 0.118. The van der Waals surface area contributed by atoms with E-state index in [1.54, 1.807) is 16.4 Å². The van der Waals surface area contributed by atoms with Crippen molar-refractivity contribution in [1.29, 1.82) is 0 Å². The van der Waals surface area contributed by atoms with E-state index in [4.69, 9.17) is 0 Å². The lowest BCUT2D eigenvalue weighted by Gasteiger charge is -2.29. The molecule has 0 bridgehead atoms. The Kier molecular flexibility index (Phi) is 7.53. The van der Waals surface area contributed by atoms with Crippen LogP contribution in [-0.2, 0) is 14.8 Å². The monoisotopic (exact) mass is 537 g/mol. The van der Waals surface area contributed by atoms with Crippen LogP contribution in [0, 0.1) is 6.92 Å². The van der Waals surface area contributed by atoms with Gasteiger partial charge in [-0.2, -0.15) is 4.31 Å². The van der Waals surface area contributed by atoms with Crippen molar-refractivity contribution in [3.05, 3.63) is 53.7 Å². The second-order valence-electron chi connectivity index (χ2n) is 11.0. The molecule has 2 fully saturated rings. The van der Waals surface area contributed by atoms with Crippen molar-refractivity contribution in [2.45, 2.75) is 69.9 Å². The normalized spacial score (nSPS) is 17.9. The van der Waals surface area contributed by atoms with Crippen LogP contribution in [0.4, 0.5) is 11.4 Å². The summed E-state index contributed by atoms with van der Waals surface area (Å²) in [5.41, 5.74) is 4.66. The number of carbonyl (C=O) groups excluding carboxylic acids is 1. The van der Waals surface area contributed by atoms with Crippen LogP contribution in [0.3, 0.4) is 0 Å². The number of fused-ring (bicyclic) bond motifs is 1. The van der Waals surface area contributed by atoms with Crippen molar-refractivity contribution in [1.82, 2.24) is 14.2 Å². The van der Waals surface area contributed by atoms with Gasteiger partial charge in [-0.05, 0) is 74.1 Å². The Morgan fingerprint density at radius 3 is 2.42 bits per heavy atom. The van der Waals surface area contributed by atoms with Crippen molar-refractivity contribution in [3.63, 3.8) is 0 Å². The molecule has 0 radical (unpaired) electrons. The number of anilines is 2. The van der Waals surface area contributed by atoms with Crippen molar-refractivity contribution in [2.75, 3.05) is 36.8 Å². The highest BCUT2D eigenvalue weighted by molar-refractivity contribution is 7.89. The summed E-state index contributed by atoms with van der Waals surface area (Å²) in [6.07, 6.45) is 4.88. The predicted octanol–water partition coefficient (Wildman–Crippen LogP) is 4.83. The molecule has 9 heteroatoms. The summed E-state index contributed by atoms with van der Waals surface area (Å²) in [5, 5.41) is 10.7. The summed E-state index contributed by atoms with van der Waals surface area (Å²) in [5.74, 6) is 0.0562. The number of benzene rings is 2. The van der Waals surface area contributed by atoms with E-state index in [1.165, 1.54) is 0 Å². The second kappa shape index (κ2) is 10.7. The highest BCUT2D eigenvalue weighted by Gasteiger charge is 2.28. The van der Waals surface area contributed by atoms with E-state index >= 15 is 0 Å². The summed E-state index contributed by atoms with van der Waals surface area (Å²) >= 11 is 0. The number of hydrogen-bond acceptors (Lipinski definition) is 5. The minimum atomic E-state index is -3.54. The number of aromatic nitrogens is 1. The Balaban J connectivity index is 1.43. The summed E-state index contributed by atoms with van der Waals surface area (Å²) in [6.45, 7) is 11.1. The molecule has 1 aromatic heterocycles. The molecule has 3 aromatic rings. The van der Waals surface area contributed by atoms with E-state index < -0.39 is 16.1 Å². The van der Waals surface area contributed by atoms with Crippen LogP contribution in [0.25, 0.3) is 10.9 Å². The number of nitrogens with one attached hydrogen (secondary N) is 3. The fraction of sp³-hybridized carbons (Fsp3) is 0.483. The molecule has 1 amide bonds. The van der Waals surface area contributed by atoms with E-state index in [9.17, 15) is 13.2 Å². The SMILES string of the molecule is Cc1ccc(NC2CNC2)cc1NC(=O)C(C)n1cc(C(C)C)c2cc(S(=O)(=O)N3CCCCC3)ccc21. The van der Waals surface area contributed by atoms with Crippen molar-refractivity contribution >= 4 is 38.2 Å². The van der Waals surface area contributed by atoms with E-state index in [0.29, 0.717) is 24.0 Å². The van der Waals surface area contributed by atoms with Crippen LogP contribution >= 0.6 is 0 Å². The molecule has 2 aliphatic heterocycles. The maximum atomic E-state index is 13.5. The Bertz CT molecular complexity index is 1440. The van der Waals surface area contributed by atoms with E-state index in [0.717, 1.165) is 65.8 Å². The summed E-state index contributed by atoms with van der Waals surface area (Å²) in [7, 11) is -3.54. The Morgan fingerprint density at radius 2 is 1.76 bits per heavy atom. The van der Waals surface area contributed by atoms with Gasteiger partial charge in [0.15, 0.2) is 0 Å². The fourth-order valence-electron chi connectivity index (χ4n) is 5.29. The molecule has 1 unspecified atom stereocenters. The lowest BCUT2D eigenvalue weighted by molar-refractivity contribution is -0.118. The average molecular weight is 538 g/mol.